The highest BCUT2D eigenvalue weighted by Crippen LogP contribution is 2.54. The van der Waals surface area contributed by atoms with Crippen LogP contribution in [0.15, 0.2) is 48.5 Å². The lowest BCUT2D eigenvalue weighted by atomic mass is 10.1. The SMILES string of the molecule is S=c1[nH]nc([C@@H]2C[C@H]2c2ccc(Cl)cc2)n1-c1ccc(Cl)cc1. The largest absolute Gasteiger partial charge is 0.272 e. The highest BCUT2D eigenvalue weighted by atomic mass is 35.5. The Hall–Kier alpha value is -1.62. The number of hydrogen-bond acceptors (Lipinski definition) is 2. The van der Waals surface area contributed by atoms with Gasteiger partial charge in [-0.3, -0.25) is 9.67 Å². The molecule has 1 heterocycles. The molecule has 1 aliphatic carbocycles. The summed E-state index contributed by atoms with van der Waals surface area (Å²) in [5.41, 5.74) is 2.26. The summed E-state index contributed by atoms with van der Waals surface area (Å²) in [7, 11) is 0. The van der Waals surface area contributed by atoms with Crippen molar-refractivity contribution in [3.05, 3.63) is 74.7 Å². The van der Waals surface area contributed by atoms with E-state index in [9.17, 15) is 0 Å². The van der Waals surface area contributed by atoms with Gasteiger partial charge >= 0.3 is 0 Å². The van der Waals surface area contributed by atoms with E-state index in [1.807, 2.05) is 41.0 Å². The normalized spacial score (nSPS) is 19.7. The Morgan fingerprint density at radius 2 is 1.57 bits per heavy atom. The summed E-state index contributed by atoms with van der Waals surface area (Å²) >= 11 is 17.3. The highest BCUT2D eigenvalue weighted by Gasteiger charge is 2.43. The van der Waals surface area contributed by atoms with Crippen molar-refractivity contribution < 1.29 is 0 Å². The number of benzene rings is 2. The maximum absolute atomic E-state index is 5.97. The third-order valence-electron chi connectivity index (χ3n) is 4.20. The number of aromatic amines is 1. The summed E-state index contributed by atoms with van der Waals surface area (Å²) in [6, 6.07) is 15.7. The molecule has 1 fully saturated rings. The molecule has 1 saturated carbocycles. The minimum atomic E-state index is 0.361. The van der Waals surface area contributed by atoms with Gasteiger partial charge < -0.3 is 0 Å². The zero-order valence-corrected chi connectivity index (χ0v) is 14.4. The summed E-state index contributed by atoms with van der Waals surface area (Å²) in [5, 5.41) is 8.83. The first-order valence-electron chi connectivity index (χ1n) is 7.32. The Morgan fingerprint density at radius 3 is 2.22 bits per heavy atom. The Balaban J connectivity index is 1.68. The highest BCUT2D eigenvalue weighted by molar-refractivity contribution is 7.71. The molecule has 1 aliphatic rings. The Kier molecular flexibility index (Phi) is 3.76. The van der Waals surface area contributed by atoms with Crippen LogP contribution in [0, 0.1) is 4.77 Å². The van der Waals surface area contributed by atoms with E-state index in [-0.39, 0.29) is 0 Å². The van der Waals surface area contributed by atoms with Gasteiger partial charge in [0.2, 0.25) is 0 Å². The lowest BCUT2D eigenvalue weighted by molar-refractivity contribution is 0.846. The molecule has 0 bridgehead atoms. The average Bonchev–Trinajstić information content (AvgIpc) is 3.25. The van der Waals surface area contributed by atoms with Crippen molar-refractivity contribution in [2.45, 2.75) is 18.3 Å². The van der Waals surface area contributed by atoms with Gasteiger partial charge in [-0.1, -0.05) is 35.3 Å². The van der Waals surface area contributed by atoms with E-state index < -0.39 is 0 Å². The molecule has 2 atom stereocenters. The van der Waals surface area contributed by atoms with Gasteiger partial charge in [-0.05, 0) is 66.5 Å². The summed E-state index contributed by atoms with van der Waals surface area (Å²) in [4.78, 5) is 0. The van der Waals surface area contributed by atoms with Gasteiger partial charge in [-0.15, -0.1) is 0 Å². The van der Waals surface area contributed by atoms with Crippen molar-refractivity contribution in [2.24, 2.45) is 0 Å². The van der Waals surface area contributed by atoms with Crippen LogP contribution in [0.25, 0.3) is 5.69 Å². The first-order valence-corrected chi connectivity index (χ1v) is 8.48. The molecule has 0 radical (unpaired) electrons. The minimum Gasteiger partial charge on any atom is -0.272 e. The van der Waals surface area contributed by atoms with E-state index in [0.29, 0.717) is 21.6 Å². The smallest absolute Gasteiger partial charge is 0.199 e. The van der Waals surface area contributed by atoms with Gasteiger partial charge in [0.05, 0.1) is 0 Å². The molecule has 116 valence electrons. The second-order valence-corrected chi connectivity index (χ2v) is 6.96. The summed E-state index contributed by atoms with van der Waals surface area (Å²) < 4.78 is 2.59. The van der Waals surface area contributed by atoms with Gasteiger partial charge in [0.25, 0.3) is 0 Å². The molecule has 0 aliphatic heterocycles. The molecule has 0 spiro atoms. The maximum atomic E-state index is 5.97. The van der Waals surface area contributed by atoms with E-state index in [0.717, 1.165) is 23.0 Å². The van der Waals surface area contributed by atoms with Crippen LogP contribution < -0.4 is 0 Å². The third kappa shape index (κ3) is 2.82. The monoisotopic (exact) mass is 361 g/mol. The van der Waals surface area contributed by atoms with Crippen LogP contribution in [-0.2, 0) is 0 Å². The molecule has 4 rings (SSSR count). The number of nitrogens with one attached hydrogen (secondary N) is 1. The molecule has 1 N–H and O–H groups in total. The van der Waals surface area contributed by atoms with Crippen LogP contribution in [0.4, 0.5) is 0 Å². The maximum Gasteiger partial charge on any atom is 0.199 e. The second kappa shape index (κ2) is 5.78. The van der Waals surface area contributed by atoms with Gasteiger partial charge in [-0.2, -0.15) is 5.10 Å². The fraction of sp³-hybridized carbons (Fsp3) is 0.176. The number of nitrogens with zero attached hydrogens (tertiary/aromatic N) is 2. The van der Waals surface area contributed by atoms with Crippen molar-refractivity contribution in [3.63, 3.8) is 0 Å². The first-order chi connectivity index (χ1) is 11.1. The van der Waals surface area contributed by atoms with Crippen molar-refractivity contribution in [3.8, 4) is 5.69 Å². The van der Waals surface area contributed by atoms with Gasteiger partial charge in [0.15, 0.2) is 4.77 Å². The van der Waals surface area contributed by atoms with Crippen molar-refractivity contribution in [2.75, 3.05) is 0 Å². The van der Waals surface area contributed by atoms with E-state index in [1.54, 1.807) is 0 Å². The van der Waals surface area contributed by atoms with E-state index in [1.165, 1.54) is 5.56 Å². The molecular formula is C17H13Cl2N3S. The van der Waals surface area contributed by atoms with Gasteiger partial charge in [0, 0.05) is 21.7 Å². The van der Waals surface area contributed by atoms with Gasteiger partial charge in [0.1, 0.15) is 5.82 Å². The number of hydrogen-bond donors (Lipinski definition) is 1. The van der Waals surface area contributed by atoms with E-state index >= 15 is 0 Å². The second-order valence-electron chi connectivity index (χ2n) is 5.70. The van der Waals surface area contributed by atoms with Crippen LogP contribution in [0.1, 0.15) is 29.6 Å². The third-order valence-corrected chi connectivity index (χ3v) is 4.98. The number of aromatic nitrogens is 3. The molecular weight excluding hydrogens is 349 g/mol. The number of rotatable bonds is 3. The van der Waals surface area contributed by atoms with Crippen LogP contribution in [0.5, 0.6) is 0 Å². The van der Waals surface area contributed by atoms with E-state index in [2.05, 4.69) is 22.3 Å². The lowest BCUT2D eigenvalue weighted by Gasteiger charge is -2.07. The van der Waals surface area contributed by atoms with Crippen molar-refractivity contribution in [1.82, 2.24) is 14.8 Å². The minimum absolute atomic E-state index is 0.361. The Bertz CT molecular complexity index is 897. The first kappa shape index (κ1) is 14.9. The molecule has 0 amide bonds. The zero-order chi connectivity index (χ0) is 16.0. The molecule has 0 unspecified atom stereocenters. The van der Waals surface area contributed by atoms with E-state index in [4.69, 9.17) is 35.4 Å². The fourth-order valence-corrected chi connectivity index (χ4v) is 3.45. The summed E-state index contributed by atoms with van der Waals surface area (Å²) in [5.74, 6) is 1.79. The van der Waals surface area contributed by atoms with Crippen molar-refractivity contribution in [1.29, 1.82) is 0 Å². The van der Waals surface area contributed by atoms with Crippen molar-refractivity contribution >= 4 is 35.4 Å². The molecule has 1 aromatic heterocycles. The zero-order valence-electron chi connectivity index (χ0n) is 12.0. The van der Waals surface area contributed by atoms with Crippen LogP contribution in [-0.4, -0.2) is 14.8 Å². The summed E-state index contributed by atoms with van der Waals surface area (Å²) in [6.07, 6.45) is 1.06. The lowest BCUT2D eigenvalue weighted by Crippen LogP contribution is -2.01. The molecule has 6 heteroatoms. The van der Waals surface area contributed by atoms with Crippen LogP contribution in [0.3, 0.4) is 0 Å². The molecule has 0 saturated heterocycles. The number of H-pyrrole nitrogens is 1. The topological polar surface area (TPSA) is 33.6 Å². The molecule has 3 nitrogen and oxygen atoms in total. The van der Waals surface area contributed by atoms with Crippen LogP contribution in [0.2, 0.25) is 10.0 Å². The summed E-state index contributed by atoms with van der Waals surface area (Å²) in [6.45, 7) is 0. The predicted octanol–water partition coefficient (Wildman–Crippen LogP) is 5.51. The number of halogens is 2. The fourth-order valence-electron chi connectivity index (χ4n) is 2.96. The quantitative estimate of drug-likeness (QED) is 0.624. The standard InChI is InChI=1S/C17H13Cl2N3S/c18-11-3-1-10(2-4-11)14-9-15(14)16-20-21-17(23)22(16)13-7-5-12(19)6-8-13/h1-8,14-15H,9H2,(H,21,23)/t14-,15+/m0/s1. The van der Waals surface area contributed by atoms with Crippen LogP contribution >= 0.6 is 35.4 Å². The Morgan fingerprint density at radius 1 is 0.957 bits per heavy atom. The average molecular weight is 362 g/mol. The predicted molar refractivity (Wildman–Crippen MR) is 95.3 cm³/mol. The molecule has 3 aromatic rings. The molecule has 2 aromatic carbocycles. The van der Waals surface area contributed by atoms with Gasteiger partial charge in [-0.25, -0.2) is 0 Å². The Labute approximate surface area is 148 Å². The molecule has 23 heavy (non-hydrogen) atoms.